The second-order valence-corrected chi connectivity index (χ2v) is 3.98. The van der Waals surface area contributed by atoms with Crippen molar-refractivity contribution in [2.45, 2.75) is 24.9 Å². The smallest absolute Gasteiger partial charge is 0.223 e. The van der Waals surface area contributed by atoms with Gasteiger partial charge in [0.25, 0.3) is 0 Å². The number of amides is 1. The summed E-state index contributed by atoms with van der Waals surface area (Å²) in [6.45, 7) is 5.64. The predicted molar refractivity (Wildman–Crippen MR) is 51.8 cm³/mol. The number of hydrogen-bond acceptors (Lipinski definition) is 3. The standard InChI is InChI=1S/C8H14N2OS/c1-3-4-12-8-9-6(2)5-7(11)10-8/h3,6,8-9H,1,4-5H2,2H3,(H,10,11). The van der Waals surface area contributed by atoms with Gasteiger partial charge < -0.3 is 5.32 Å². The molecule has 0 aliphatic carbocycles. The first-order valence-corrected chi connectivity index (χ1v) is 5.05. The second kappa shape index (κ2) is 4.52. The van der Waals surface area contributed by atoms with E-state index in [1.807, 2.05) is 13.0 Å². The van der Waals surface area contributed by atoms with E-state index in [-0.39, 0.29) is 17.4 Å². The predicted octanol–water partition coefficient (Wildman–Crippen LogP) is 0.687. The molecule has 0 aromatic rings. The summed E-state index contributed by atoms with van der Waals surface area (Å²) in [5.74, 6) is 0.979. The number of nitrogens with one attached hydrogen (secondary N) is 2. The molecule has 1 amide bonds. The van der Waals surface area contributed by atoms with Crippen LogP contribution in [0.15, 0.2) is 12.7 Å². The first-order valence-electron chi connectivity index (χ1n) is 4.00. The zero-order chi connectivity index (χ0) is 8.97. The lowest BCUT2D eigenvalue weighted by molar-refractivity contribution is -0.123. The lowest BCUT2D eigenvalue weighted by Crippen LogP contribution is -2.53. The highest BCUT2D eigenvalue weighted by molar-refractivity contribution is 7.99. The number of carbonyl (C=O) groups excluding carboxylic acids is 1. The molecule has 1 rings (SSSR count). The fourth-order valence-corrected chi connectivity index (χ4v) is 1.97. The molecule has 1 heterocycles. The molecule has 68 valence electrons. The van der Waals surface area contributed by atoms with Gasteiger partial charge in [-0.05, 0) is 6.92 Å². The molecular formula is C8H14N2OS. The van der Waals surface area contributed by atoms with Crippen molar-refractivity contribution in [1.29, 1.82) is 0 Å². The van der Waals surface area contributed by atoms with Gasteiger partial charge in [-0.1, -0.05) is 6.08 Å². The monoisotopic (exact) mass is 186 g/mol. The maximum absolute atomic E-state index is 11.1. The van der Waals surface area contributed by atoms with Crippen LogP contribution in [0.4, 0.5) is 0 Å². The topological polar surface area (TPSA) is 41.1 Å². The molecule has 4 heteroatoms. The van der Waals surface area contributed by atoms with Crippen LogP contribution in [0.5, 0.6) is 0 Å². The number of hydrogen-bond donors (Lipinski definition) is 2. The van der Waals surface area contributed by atoms with E-state index in [0.717, 1.165) is 5.75 Å². The Balaban J connectivity index is 2.33. The van der Waals surface area contributed by atoms with Crippen LogP contribution in [0.3, 0.4) is 0 Å². The minimum atomic E-state index is 0.0549. The molecule has 2 atom stereocenters. The summed E-state index contributed by atoms with van der Waals surface area (Å²) < 4.78 is 0. The van der Waals surface area contributed by atoms with E-state index in [1.54, 1.807) is 11.8 Å². The van der Waals surface area contributed by atoms with Gasteiger partial charge in [0.15, 0.2) is 0 Å². The highest BCUT2D eigenvalue weighted by atomic mass is 32.2. The van der Waals surface area contributed by atoms with E-state index < -0.39 is 0 Å². The fraction of sp³-hybridized carbons (Fsp3) is 0.625. The fourth-order valence-electron chi connectivity index (χ4n) is 1.10. The van der Waals surface area contributed by atoms with Crippen LogP contribution < -0.4 is 10.6 Å². The molecule has 0 spiro atoms. The lowest BCUT2D eigenvalue weighted by Gasteiger charge is -2.28. The van der Waals surface area contributed by atoms with Crippen LogP contribution in [-0.2, 0) is 4.79 Å². The molecule has 3 nitrogen and oxygen atoms in total. The van der Waals surface area contributed by atoms with Crippen LogP contribution >= 0.6 is 11.8 Å². The zero-order valence-corrected chi connectivity index (χ0v) is 7.99. The Morgan fingerprint density at radius 1 is 1.83 bits per heavy atom. The summed E-state index contributed by atoms with van der Waals surface area (Å²) in [6, 6.07) is 0.279. The highest BCUT2D eigenvalue weighted by Gasteiger charge is 2.21. The molecule has 0 bridgehead atoms. The van der Waals surface area contributed by atoms with E-state index >= 15 is 0 Å². The quantitative estimate of drug-likeness (QED) is 0.637. The Kier molecular flexibility index (Phi) is 3.62. The second-order valence-electron chi connectivity index (χ2n) is 2.84. The van der Waals surface area contributed by atoms with Gasteiger partial charge >= 0.3 is 0 Å². The summed E-state index contributed by atoms with van der Waals surface area (Å²) in [7, 11) is 0. The van der Waals surface area contributed by atoms with Gasteiger partial charge in [-0.15, -0.1) is 18.3 Å². The number of thioether (sulfide) groups is 1. The average Bonchev–Trinajstić information content (AvgIpc) is 1.99. The van der Waals surface area contributed by atoms with Crippen LogP contribution in [0.1, 0.15) is 13.3 Å². The molecule has 0 aromatic carbocycles. The van der Waals surface area contributed by atoms with Crippen molar-refractivity contribution < 1.29 is 4.79 Å². The van der Waals surface area contributed by atoms with Crippen molar-refractivity contribution in [3.63, 3.8) is 0 Å². The maximum Gasteiger partial charge on any atom is 0.223 e. The van der Waals surface area contributed by atoms with Crippen molar-refractivity contribution in [2.75, 3.05) is 5.75 Å². The van der Waals surface area contributed by atoms with Crippen molar-refractivity contribution in [3.05, 3.63) is 12.7 Å². The van der Waals surface area contributed by atoms with E-state index in [9.17, 15) is 4.79 Å². The third-order valence-corrected chi connectivity index (χ3v) is 2.62. The van der Waals surface area contributed by atoms with Crippen molar-refractivity contribution in [3.8, 4) is 0 Å². The van der Waals surface area contributed by atoms with Gasteiger partial charge in [0.2, 0.25) is 5.91 Å². The zero-order valence-electron chi connectivity index (χ0n) is 7.17. The average molecular weight is 186 g/mol. The molecule has 2 unspecified atom stereocenters. The molecule has 1 saturated heterocycles. The molecule has 0 aromatic heterocycles. The van der Waals surface area contributed by atoms with Crippen molar-refractivity contribution >= 4 is 17.7 Å². The maximum atomic E-state index is 11.1. The summed E-state index contributed by atoms with van der Waals surface area (Å²) in [4.78, 5) is 11.1. The minimum Gasteiger partial charge on any atom is -0.332 e. The Morgan fingerprint density at radius 3 is 3.17 bits per heavy atom. The molecule has 1 fully saturated rings. The van der Waals surface area contributed by atoms with Crippen molar-refractivity contribution in [1.82, 2.24) is 10.6 Å². The van der Waals surface area contributed by atoms with Crippen LogP contribution in [-0.4, -0.2) is 23.2 Å². The summed E-state index contributed by atoms with van der Waals surface area (Å²) >= 11 is 1.64. The Bertz CT molecular complexity index is 184. The molecule has 0 saturated carbocycles. The Hall–Kier alpha value is -0.480. The SMILES string of the molecule is C=CCSC1NC(=O)CC(C)N1. The summed E-state index contributed by atoms with van der Waals surface area (Å²) in [5, 5.41) is 6.11. The Morgan fingerprint density at radius 2 is 2.58 bits per heavy atom. The lowest BCUT2D eigenvalue weighted by atomic mass is 10.2. The highest BCUT2D eigenvalue weighted by Crippen LogP contribution is 2.11. The van der Waals surface area contributed by atoms with Crippen molar-refractivity contribution in [2.24, 2.45) is 0 Å². The van der Waals surface area contributed by atoms with Gasteiger partial charge in [0, 0.05) is 18.2 Å². The van der Waals surface area contributed by atoms with Crippen LogP contribution in [0.2, 0.25) is 0 Å². The molecule has 2 N–H and O–H groups in total. The molecular weight excluding hydrogens is 172 g/mol. The van der Waals surface area contributed by atoms with Gasteiger partial charge in [-0.25, -0.2) is 0 Å². The van der Waals surface area contributed by atoms with Gasteiger partial charge in [0.05, 0.1) is 0 Å². The molecule has 12 heavy (non-hydrogen) atoms. The largest absolute Gasteiger partial charge is 0.332 e. The third kappa shape index (κ3) is 2.87. The van der Waals surface area contributed by atoms with E-state index in [4.69, 9.17) is 0 Å². The van der Waals surface area contributed by atoms with E-state index in [0.29, 0.717) is 6.42 Å². The molecule has 1 aliphatic heterocycles. The molecule has 1 aliphatic rings. The van der Waals surface area contributed by atoms with Gasteiger partial charge in [-0.2, -0.15) is 0 Å². The van der Waals surface area contributed by atoms with Crippen LogP contribution in [0, 0.1) is 0 Å². The normalized spacial score (nSPS) is 29.6. The minimum absolute atomic E-state index is 0.0549. The first-order chi connectivity index (χ1) is 5.72. The number of carbonyl (C=O) groups is 1. The Labute approximate surface area is 77.0 Å². The first kappa shape index (κ1) is 9.61. The van der Waals surface area contributed by atoms with Gasteiger partial charge in [0.1, 0.15) is 5.50 Å². The van der Waals surface area contributed by atoms with E-state index in [2.05, 4.69) is 17.2 Å². The van der Waals surface area contributed by atoms with Gasteiger partial charge in [-0.3, -0.25) is 10.1 Å². The summed E-state index contributed by atoms with van der Waals surface area (Å²) in [6.07, 6.45) is 2.41. The number of rotatable bonds is 3. The van der Waals surface area contributed by atoms with E-state index in [1.165, 1.54) is 0 Å². The third-order valence-electron chi connectivity index (χ3n) is 1.60. The molecule has 0 radical (unpaired) electrons. The van der Waals surface area contributed by atoms with Crippen LogP contribution in [0.25, 0.3) is 0 Å². The summed E-state index contributed by atoms with van der Waals surface area (Å²) in [5.41, 5.74) is 0.0549.